The molecule has 2 N–H and O–H groups in total. The topological polar surface area (TPSA) is 74.7 Å². The number of fused-ring (bicyclic) bond motifs is 1. The zero-order chi connectivity index (χ0) is 19.4. The van der Waals surface area contributed by atoms with Crippen LogP contribution in [0.25, 0.3) is 11.3 Å². The molecule has 0 radical (unpaired) electrons. The maximum Gasteiger partial charge on any atom is 0.237 e. The Morgan fingerprint density at radius 1 is 1.52 bits per heavy atom. The zero-order valence-electron chi connectivity index (χ0n) is 15.1. The molecule has 6 nitrogen and oxygen atoms in total. The van der Waals surface area contributed by atoms with Crippen LogP contribution in [0, 0.1) is 0 Å². The number of aromatic nitrogens is 1. The van der Waals surface area contributed by atoms with Gasteiger partial charge >= 0.3 is 0 Å². The molecule has 3 rings (SSSR count). The summed E-state index contributed by atoms with van der Waals surface area (Å²) in [6.45, 7) is 7.34. The first kappa shape index (κ1) is 19.2. The van der Waals surface area contributed by atoms with Gasteiger partial charge in [0.1, 0.15) is 6.61 Å². The Balaban J connectivity index is 1.88. The van der Waals surface area contributed by atoms with E-state index < -0.39 is 0 Å². The lowest BCUT2D eigenvalue weighted by molar-refractivity contribution is -0.125. The summed E-state index contributed by atoms with van der Waals surface area (Å²) in [6.07, 6.45) is 3.21. The molecule has 1 aromatic heterocycles. The summed E-state index contributed by atoms with van der Waals surface area (Å²) in [5.41, 5.74) is 2.27. The van der Waals surface area contributed by atoms with Crippen LogP contribution in [0.4, 0.5) is 0 Å². The molecule has 0 spiro atoms. The number of halogens is 1. The van der Waals surface area contributed by atoms with E-state index in [4.69, 9.17) is 16.3 Å². The fraction of sp³-hybridized carbons (Fsp3) is 0.300. The minimum absolute atomic E-state index is 0.0601. The number of phenolic OH excluding ortho intramolecular Hbond substituents is 1. The Labute approximate surface area is 163 Å². The summed E-state index contributed by atoms with van der Waals surface area (Å²) in [5.74, 6) is 0.442. The van der Waals surface area contributed by atoms with Crippen molar-refractivity contribution in [3.63, 3.8) is 0 Å². The Kier molecular flexibility index (Phi) is 5.98. The van der Waals surface area contributed by atoms with Crippen molar-refractivity contribution in [3.8, 4) is 22.8 Å². The number of phenols is 1. The van der Waals surface area contributed by atoms with Crippen LogP contribution in [-0.2, 0) is 11.3 Å². The first-order valence-corrected chi connectivity index (χ1v) is 9.10. The van der Waals surface area contributed by atoms with Gasteiger partial charge in [0.05, 0.1) is 16.8 Å². The lowest BCUT2D eigenvalue weighted by Crippen LogP contribution is -2.45. The largest absolute Gasteiger partial charge is 0.504 e. The molecule has 27 heavy (non-hydrogen) atoms. The maximum atomic E-state index is 12.3. The van der Waals surface area contributed by atoms with E-state index in [1.807, 2.05) is 17.9 Å². The number of nitrogens with zero attached hydrogens (tertiary/aromatic N) is 2. The molecule has 1 aliphatic heterocycles. The molecule has 1 aliphatic rings. The third-order valence-corrected chi connectivity index (χ3v) is 4.74. The first-order chi connectivity index (χ1) is 13.0. The van der Waals surface area contributed by atoms with E-state index in [2.05, 4.69) is 16.9 Å². The molecule has 0 aliphatic carbocycles. The van der Waals surface area contributed by atoms with E-state index in [0.29, 0.717) is 42.7 Å². The van der Waals surface area contributed by atoms with Gasteiger partial charge in [-0.15, -0.1) is 6.58 Å². The molecule has 0 fully saturated rings. The highest BCUT2D eigenvalue weighted by Crippen LogP contribution is 2.37. The van der Waals surface area contributed by atoms with Gasteiger partial charge in [-0.2, -0.15) is 0 Å². The first-order valence-electron chi connectivity index (χ1n) is 8.73. The SMILES string of the molecule is C=CCNC(=O)[C@@H](C)N1CCOc2c(O)cc(-c3ccc(Cl)cn3)cc2C1. The molecule has 0 bridgehead atoms. The van der Waals surface area contributed by atoms with Crippen molar-refractivity contribution in [2.75, 3.05) is 19.7 Å². The van der Waals surface area contributed by atoms with Crippen LogP contribution in [0.15, 0.2) is 43.1 Å². The monoisotopic (exact) mass is 387 g/mol. The Hall–Kier alpha value is -2.57. The predicted molar refractivity (Wildman–Crippen MR) is 105 cm³/mol. The summed E-state index contributed by atoms with van der Waals surface area (Å²) in [6, 6.07) is 6.77. The fourth-order valence-corrected chi connectivity index (χ4v) is 3.14. The maximum absolute atomic E-state index is 12.3. The van der Waals surface area contributed by atoms with E-state index in [1.165, 1.54) is 0 Å². The van der Waals surface area contributed by atoms with Crippen LogP contribution in [0.5, 0.6) is 11.5 Å². The van der Waals surface area contributed by atoms with E-state index in [9.17, 15) is 9.90 Å². The lowest BCUT2D eigenvalue weighted by Gasteiger charge is -2.26. The molecule has 2 heterocycles. The van der Waals surface area contributed by atoms with Crippen molar-refractivity contribution in [1.29, 1.82) is 0 Å². The van der Waals surface area contributed by atoms with Gasteiger partial charge in [-0.1, -0.05) is 17.7 Å². The highest BCUT2D eigenvalue weighted by Gasteiger charge is 2.26. The van der Waals surface area contributed by atoms with E-state index in [1.54, 1.807) is 30.5 Å². The second-order valence-electron chi connectivity index (χ2n) is 6.37. The summed E-state index contributed by atoms with van der Waals surface area (Å²) in [7, 11) is 0. The van der Waals surface area contributed by atoms with Crippen LogP contribution in [-0.4, -0.2) is 46.6 Å². The fourth-order valence-electron chi connectivity index (χ4n) is 3.03. The van der Waals surface area contributed by atoms with Crippen LogP contribution in [0.3, 0.4) is 0 Å². The Morgan fingerprint density at radius 2 is 2.33 bits per heavy atom. The van der Waals surface area contributed by atoms with Crippen molar-refractivity contribution in [3.05, 3.63) is 53.7 Å². The number of amides is 1. The van der Waals surface area contributed by atoms with Crippen LogP contribution in [0.1, 0.15) is 12.5 Å². The van der Waals surface area contributed by atoms with Crippen molar-refractivity contribution in [2.45, 2.75) is 19.5 Å². The number of hydrogen-bond acceptors (Lipinski definition) is 5. The smallest absolute Gasteiger partial charge is 0.237 e. The molecule has 142 valence electrons. The number of benzene rings is 1. The molecular weight excluding hydrogens is 366 g/mol. The second-order valence-corrected chi connectivity index (χ2v) is 6.81. The highest BCUT2D eigenvalue weighted by atomic mass is 35.5. The molecule has 1 atom stereocenters. The van der Waals surface area contributed by atoms with Crippen molar-refractivity contribution in [1.82, 2.24) is 15.2 Å². The molecule has 0 unspecified atom stereocenters. The number of carbonyl (C=O) groups is 1. The van der Waals surface area contributed by atoms with Gasteiger partial charge in [-0.05, 0) is 31.2 Å². The molecule has 2 aromatic rings. The number of rotatable bonds is 5. The molecule has 1 amide bonds. The number of aromatic hydroxyl groups is 1. The summed E-state index contributed by atoms with van der Waals surface area (Å²) < 4.78 is 5.75. The normalized spacial score (nSPS) is 15.2. The number of carbonyl (C=O) groups excluding carboxylic acids is 1. The predicted octanol–water partition coefficient (Wildman–Crippen LogP) is 2.99. The van der Waals surface area contributed by atoms with Gasteiger partial charge in [-0.25, -0.2) is 0 Å². The van der Waals surface area contributed by atoms with E-state index in [0.717, 1.165) is 11.1 Å². The van der Waals surface area contributed by atoms with Crippen molar-refractivity contribution < 1.29 is 14.6 Å². The third kappa shape index (κ3) is 4.40. The van der Waals surface area contributed by atoms with Gasteiger partial charge in [0, 0.05) is 37.0 Å². The lowest BCUT2D eigenvalue weighted by atomic mass is 10.0. The van der Waals surface area contributed by atoms with Gasteiger partial charge < -0.3 is 15.2 Å². The third-order valence-electron chi connectivity index (χ3n) is 4.52. The zero-order valence-corrected chi connectivity index (χ0v) is 15.9. The van der Waals surface area contributed by atoms with Crippen molar-refractivity contribution >= 4 is 17.5 Å². The molecule has 0 saturated carbocycles. The molecule has 1 aromatic carbocycles. The highest BCUT2D eigenvalue weighted by molar-refractivity contribution is 6.30. The van der Waals surface area contributed by atoms with E-state index >= 15 is 0 Å². The van der Waals surface area contributed by atoms with E-state index in [-0.39, 0.29) is 17.7 Å². The molecule has 7 heteroatoms. The number of ether oxygens (including phenoxy) is 1. The number of nitrogens with one attached hydrogen (secondary N) is 1. The van der Waals surface area contributed by atoms with Gasteiger partial charge in [0.2, 0.25) is 5.91 Å². The average Bonchev–Trinajstić information content (AvgIpc) is 2.89. The molecular formula is C20H22ClN3O3. The van der Waals surface area contributed by atoms with Gasteiger partial charge in [0.15, 0.2) is 11.5 Å². The van der Waals surface area contributed by atoms with Crippen LogP contribution in [0.2, 0.25) is 5.02 Å². The quantitative estimate of drug-likeness (QED) is 0.771. The standard InChI is InChI=1S/C20H22ClN3O3/c1-3-6-22-20(26)13(2)24-7-8-27-19-15(12-24)9-14(10-18(19)25)17-5-4-16(21)11-23-17/h3-5,9-11,13,25H,1,6-8,12H2,2H3,(H,22,26)/t13-/m1/s1. The average molecular weight is 388 g/mol. The Bertz CT molecular complexity index is 839. The minimum Gasteiger partial charge on any atom is -0.504 e. The summed E-state index contributed by atoms with van der Waals surface area (Å²) in [5, 5.41) is 13.8. The van der Waals surface area contributed by atoms with Crippen LogP contribution >= 0.6 is 11.6 Å². The number of hydrogen-bond donors (Lipinski definition) is 2. The summed E-state index contributed by atoms with van der Waals surface area (Å²) in [4.78, 5) is 18.6. The van der Waals surface area contributed by atoms with Gasteiger partial charge in [-0.3, -0.25) is 14.7 Å². The molecule has 0 saturated heterocycles. The minimum atomic E-state index is -0.334. The van der Waals surface area contributed by atoms with Gasteiger partial charge in [0.25, 0.3) is 0 Å². The second kappa shape index (κ2) is 8.41. The Morgan fingerprint density at radius 3 is 3.04 bits per heavy atom. The summed E-state index contributed by atoms with van der Waals surface area (Å²) >= 11 is 5.90. The number of pyridine rings is 1. The van der Waals surface area contributed by atoms with Crippen LogP contribution < -0.4 is 10.1 Å². The van der Waals surface area contributed by atoms with Crippen molar-refractivity contribution in [2.24, 2.45) is 0 Å².